The van der Waals surface area contributed by atoms with Crippen LogP contribution in [0, 0.1) is 13.8 Å². The third-order valence-electron chi connectivity index (χ3n) is 5.09. The number of sulfonamides is 1. The first-order valence-corrected chi connectivity index (χ1v) is 10.5. The lowest BCUT2D eigenvalue weighted by molar-refractivity contribution is 0.412. The second-order valence-corrected chi connectivity index (χ2v) is 8.91. The lowest BCUT2D eigenvalue weighted by Gasteiger charge is -2.22. The van der Waals surface area contributed by atoms with E-state index >= 15 is 0 Å². The summed E-state index contributed by atoms with van der Waals surface area (Å²) in [6.45, 7) is 3.60. The van der Waals surface area contributed by atoms with E-state index in [0.29, 0.717) is 23.1 Å². The van der Waals surface area contributed by atoms with Crippen LogP contribution in [-0.4, -0.2) is 29.6 Å². The molecule has 2 N–H and O–H groups in total. The van der Waals surface area contributed by atoms with E-state index in [-0.39, 0.29) is 16.8 Å². The summed E-state index contributed by atoms with van der Waals surface area (Å²) in [6.07, 6.45) is 7.21. The number of rotatable bonds is 5. The number of hydrogen-bond donors (Lipinski definition) is 2. The van der Waals surface area contributed by atoms with Crippen LogP contribution < -0.4 is 4.72 Å². The predicted octanol–water partition coefficient (Wildman–Crippen LogP) is 3.17. The average molecular weight is 364 g/mol. The topological polar surface area (TPSA) is 101 Å². The molecule has 0 aliphatic heterocycles. The van der Waals surface area contributed by atoms with Crippen LogP contribution in [0.3, 0.4) is 0 Å². The molecule has 2 aliphatic carbocycles. The molecule has 0 bridgehead atoms. The molecule has 2 aromatic rings. The molecular weight excluding hydrogens is 340 g/mol. The fourth-order valence-corrected chi connectivity index (χ4v) is 5.44. The molecule has 0 spiro atoms. The van der Waals surface area contributed by atoms with E-state index in [1.165, 1.54) is 6.42 Å². The molecule has 0 saturated heterocycles. The molecule has 136 valence electrons. The van der Waals surface area contributed by atoms with Gasteiger partial charge in [-0.05, 0) is 39.5 Å². The van der Waals surface area contributed by atoms with E-state index in [4.69, 9.17) is 4.42 Å². The minimum Gasteiger partial charge on any atom is -0.420 e. The van der Waals surface area contributed by atoms with Gasteiger partial charge in [-0.3, -0.25) is 0 Å². The minimum absolute atomic E-state index is 0.00548. The van der Waals surface area contributed by atoms with Crippen molar-refractivity contribution in [2.45, 2.75) is 75.6 Å². The van der Waals surface area contributed by atoms with Gasteiger partial charge in [0.25, 0.3) is 5.89 Å². The van der Waals surface area contributed by atoms with E-state index in [0.717, 1.165) is 44.2 Å². The first-order valence-electron chi connectivity index (χ1n) is 9.01. The van der Waals surface area contributed by atoms with E-state index in [1.54, 1.807) is 6.92 Å². The van der Waals surface area contributed by atoms with Gasteiger partial charge in [-0.15, -0.1) is 10.2 Å². The quantitative estimate of drug-likeness (QED) is 0.848. The Morgan fingerprint density at radius 1 is 1.04 bits per heavy atom. The van der Waals surface area contributed by atoms with E-state index in [2.05, 4.69) is 19.9 Å². The van der Waals surface area contributed by atoms with Gasteiger partial charge < -0.3 is 9.40 Å². The van der Waals surface area contributed by atoms with Crippen molar-refractivity contribution in [1.82, 2.24) is 19.9 Å². The van der Waals surface area contributed by atoms with Crippen LogP contribution in [0.5, 0.6) is 0 Å². The lowest BCUT2D eigenvalue weighted by atomic mass is 9.96. The minimum atomic E-state index is -3.65. The van der Waals surface area contributed by atoms with Crippen LogP contribution in [0.1, 0.15) is 68.1 Å². The van der Waals surface area contributed by atoms with Gasteiger partial charge in [-0.2, -0.15) is 0 Å². The summed E-state index contributed by atoms with van der Waals surface area (Å²) >= 11 is 0. The summed E-state index contributed by atoms with van der Waals surface area (Å²) in [4.78, 5) is 3.36. The Hall–Kier alpha value is -1.67. The third-order valence-corrected chi connectivity index (χ3v) is 6.79. The van der Waals surface area contributed by atoms with Crippen molar-refractivity contribution < 1.29 is 12.8 Å². The van der Waals surface area contributed by atoms with Gasteiger partial charge in [0.2, 0.25) is 15.9 Å². The third kappa shape index (κ3) is 3.25. The first kappa shape index (κ1) is 16.8. The molecule has 8 heteroatoms. The molecule has 0 radical (unpaired) electrons. The van der Waals surface area contributed by atoms with Crippen molar-refractivity contribution >= 4 is 10.0 Å². The second-order valence-electron chi connectivity index (χ2n) is 7.26. The Kier molecular flexibility index (Phi) is 4.19. The SMILES string of the molecule is Cc1[nH]c(C)c(S(=O)(=O)NC2CCCCC2)c1-c1nnc(C2CC2)o1. The zero-order valence-electron chi connectivity index (χ0n) is 14.6. The van der Waals surface area contributed by atoms with Crippen LogP contribution in [-0.2, 0) is 10.0 Å². The molecule has 2 fully saturated rings. The van der Waals surface area contributed by atoms with Crippen molar-refractivity contribution in [2.24, 2.45) is 0 Å². The maximum absolute atomic E-state index is 13.1. The Balaban J connectivity index is 1.70. The fourth-order valence-electron chi connectivity index (χ4n) is 3.68. The fraction of sp³-hybridized carbons (Fsp3) is 0.647. The van der Waals surface area contributed by atoms with Crippen LogP contribution in [0.2, 0.25) is 0 Å². The van der Waals surface area contributed by atoms with Gasteiger partial charge in [-0.1, -0.05) is 19.3 Å². The molecule has 7 nitrogen and oxygen atoms in total. The van der Waals surface area contributed by atoms with Gasteiger partial charge in [0, 0.05) is 23.3 Å². The summed E-state index contributed by atoms with van der Waals surface area (Å²) in [6, 6.07) is 0.00548. The number of H-pyrrole nitrogens is 1. The van der Waals surface area contributed by atoms with Crippen molar-refractivity contribution in [2.75, 3.05) is 0 Å². The molecule has 2 saturated carbocycles. The van der Waals surface area contributed by atoms with Crippen molar-refractivity contribution in [1.29, 1.82) is 0 Å². The maximum atomic E-state index is 13.1. The van der Waals surface area contributed by atoms with Crippen LogP contribution in [0.15, 0.2) is 9.31 Å². The standard InChI is InChI=1S/C17H24N4O3S/c1-10-14(17-20-19-16(24-17)12-8-9-12)15(11(2)18-10)25(22,23)21-13-6-4-3-5-7-13/h12-13,18,21H,3-9H2,1-2H3. The van der Waals surface area contributed by atoms with Crippen LogP contribution in [0.4, 0.5) is 0 Å². The molecule has 0 unspecified atom stereocenters. The van der Waals surface area contributed by atoms with E-state index in [1.807, 2.05) is 6.92 Å². The predicted molar refractivity (Wildman–Crippen MR) is 92.7 cm³/mol. The summed E-state index contributed by atoms with van der Waals surface area (Å²) in [5.74, 6) is 1.23. The van der Waals surface area contributed by atoms with Gasteiger partial charge in [0.05, 0.1) is 5.56 Å². The lowest BCUT2D eigenvalue weighted by Crippen LogP contribution is -2.36. The monoisotopic (exact) mass is 364 g/mol. The zero-order valence-corrected chi connectivity index (χ0v) is 15.4. The zero-order chi connectivity index (χ0) is 17.6. The molecule has 0 amide bonds. The Morgan fingerprint density at radius 3 is 2.44 bits per heavy atom. The summed E-state index contributed by atoms with van der Waals surface area (Å²) in [5.41, 5.74) is 1.83. The number of hydrogen-bond acceptors (Lipinski definition) is 5. The highest BCUT2D eigenvalue weighted by Crippen LogP contribution is 2.41. The molecule has 2 aromatic heterocycles. The number of aromatic amines is 1. The average Bonchev–Trinajstić information content (AvgIpc) is 3.21. The van der Waals surface area contributed by atoms with Gasteiger partial charge in [0.1, 0.15) is 4.90 Å². The van der Waals surface area contributed by atoms with Gasteiger partial charge in [-0.25, -0.2) is 13.1 Å². The van der Waals surface area contributed by atoms with E-state index < -0.39 is 10.0 Å². The molecule has 2 aliphatic rings. The highest BCUT2D eigenvalue weighted by molar-refractivity contribution is 7.89. The summed E-state index contributed by atoms with van der Waals surface area (Å²) < 4.78 is 34.8. The number of aromatic nitrogens is 3. The summed E-state index contributed by atoms with van der Waals surface area (Å²) in [5, 5.41) is 8.21. The number of nitrogens with one attached hydrogen (secondary N) is 2. The Bertz CT molecular complexity index is 874. The number of aryl methyl sites for hydroxylation is 2. The van der Waals surface area contributed by atoms with Gasteiger partial charge >= 0.3 is 0 Å². The molecule has 0 atom stereocenters. The normalized spacial score (nSPS) is 19.4. The molecule has 4 rings (SSSR count). The second kappa shape index (κ2) is 6.25. The van der Waals surface area contributed by atoms with Gasteiger partial charge in [0.15, 0.2) is 0 Å². The first-order chi connectivity index (χ1) is 12.0. The molecule has 0 aromatic carbocycles. The smallest absolute Gasteiger partial charge is 0.250 e. The van der Waals surface area contributed by atoms with Crippen LogP contribution >= 0.6 is 0 Å². The number of nitrogens with zero attached hydrogens (tertiary/aromatic N) is 2. The summed E-state index contributed by atoms with van der Waals surface area (Å²) in [7, 11) is -3.65. The maximum Gasteiger partial charge on any atom is 0.250 e. The molecule has 25 heavy (non-hydrogen) atoms. The van der Waals surface area contributed by atoms with Crippen LogP contribution in [0.25, 0.3) is 11.5 Å². The van der Waals surface area contributed by atoms with Crippen molar-refractivity contribution in [3.8, 4) is 11.5 Å². The van der Waals surface area contributed by atoms with Crippen molar-refractivity contribution in [3.05, 3.63) is 17.3 Å². The highest BCUT2D eigenvalue weighted by Gasteiger charge is 2.33. The molecule has 2 heterocycles. The Morgan fingerprint density at radius 2 is 1.76 bits per heavy atom. The van der Waals surface area contributed by atoms with Crippen molar-refractivity contribution in [3.63, 3.8) is 0 Å². The molecular formula is C17H24N4O3S. The Labute approximate surface area is 147 Å². The van der Waals surface area contributed by atoms with E-state index in [9.17, 15) is 8.42 Å². The highest BCUT2D eigenvalue weighted by atomic mass is 32.2. The largest absolute Gasteiger partial charge is 0.420 e.